The standard InChI is InChI=1S/C23H23NO4/c1-15-8-9-19(16(2)12-15)22(26)14-28-23(27)13-21-20-7-5-4-6-18(20)10-11-24(21)17(3)25/h4-12,21H,13-14H2,1-3H3/t21-/m1/s1. The van der Waals surface area contributed by atoms with Gasteiger partial charge in [0.25, 0.3) is 0 Å². The highest BCUT2D eigenvalue weighted by molar-refractivity contribution is 5.99. The van der Waals surface area contributed by atoms with Crippen LogP contribution in [0.15, 0.2) is 48.7 Å². The minimum Gasteiger partial charge on any atom is -0.457 e. The molecule has 1 aliphatic rings. The van der Waals surface area contributed by atoms with Crippen molar-refractivity contribution < 1.29 is 19.1 Å². The molecule has 0 N–H and O–H groups in total. The first-order valence-corrected chi connectivity index (χ1v) is 9.19. The van der Waals surface area contributed by atoms with Gasteiger partial charge < -0.3 is 9.64 Å². The fourth-order valence-corrected chi connectivity index (χ4v) is 3.48. The summed E-state index contributed by atoms with van der Waals surface area (Å²) in [4.78, 5) is 38.3. The Morgan fingerprint density at radius 1 is 1.07 bits per heavy atom. The van der Waals surface area contributed by atoms with Crippen molar-refractivity contribution in [1.82, 2.24) is 4.90 Å². The Hall–Kier alpha value is -3.21. The lowest BCUT2D eigenvalue weighted by Crippen LogP contribution is -2.32. The van der Waals surface area contributed by atoms with Crippen LogP contribution in [0.1, 0.15) is 52.0 Å². The van der Waals surface area contributed by atoms with Gasteiger partial charge in [0, 0.05) is 18.7 Å². The molecular formula is C23H23NO4. The Kier molecular flexibility index (Phi) is 5.73. The van der Waals surface area contributed by atoms with Gasteiger partial charge in [-0.2, -0.15) is 0 Å². The molecule has 0 saturated heterocycles. The number of carbonyl (C=O) groups excluding carboxylic acids is 3. The first kappa shape index (κ1) is 19.5. The lowest BCUT2D eigenvalue weighted by atomic mass is 9.94. The molecule has 1 heterocycles. The summed E-state index contributed by atoms with van der Waals surface area (Å²) >= 11 is 0. The summed E-state index contributed by atoms with van der Waals surface area (Å²) in [5, 5.41) is 0. The van der Waals surface area contributed by atoms with E-state index in [-0.39, 0.29) is 24.7 Å². The highest BCUT2D eigenvalue weighted by atomic mass is 16.5. The SMILES string of the molecule is CC(=O)N1C=Cc2ccccc2[C@H]1CC(=O)OCC(=O)c1ccc(C)cc1C. The van der Waals surface area contributed by atoms with E-state index in [1.54, 1.807) is 12.3 Å². The molecule has 0 unspecified atom stereocenters. The summed E-state index contributed by atoms with van der Waals surface area (Å²) in [7, 11) is 0. The molecule has 5 heteroatoms. The fourth-order valence-electron chi connectivity index (χ4n) is 3.48. The summed E-state index contributed by atoms with van der Waals surface area (Å²) in [6.45, 7) is 4.96. The maximum Gasteiger partial charge on any atom is 0.308 e. The number of ether oxygens (including phenoxy) is 1. The van der Waals surface area contributed by atoms with Crippen molar-refractivity contribution in [1.29, 1.82) is 0 Å². The van der Waals surface area contributed by atoms with Gasteiger partial charge in [-0.25, -0.2) is 0 Å². The highest BCUT2D eigenvalue weighted by Crippen LogP contribution is 2.33. The van der Waals surface area contributed by atoms with Gasteiger partial charge in [-0.05, 0) is 36.6 Å². The quantitative estimate of drug-likeness (QED) is 0.584. The third-order valence-electron chi connectivity index (χ3n) is 4.88. The van der Waals surface area contributed by atoms with Crippen molar-refractivity contribution in [2.45, 2.75) is 33.2 Å². The molecule has 0 aliphatic carbocycles. The molecule has 2 aromatic rings. The second kappa shape index (κ2) is 8.21. The Morgan fingerprint density at radius 3 is 2.54 bits per heavy atom. The Morgan fingerprint density at radius 2 is 1.82 bits per heavy atom. The van der Waals surface area contributed by atoms with Gasteiger partial charge in [-0.1, -0.05) is 48.0 Å². The van der Waals surface area contributed by atoms with E-state index in [9.17, 15) is 14.4 Å². The normalized spacial score (nSPS) is 15.1. The monoisotopic (exact) mass is 377 g/mol. The molecule has 144 valence electrons. The van der Waals surface area contributed by atoms with E-state index in [0.29, 0.717) is 5.56 Å². The molecule has 1 amide bonds. The number of benzene rings is 2. The van der Waals surface area contributed by atoms with Crippen LogP contribution < -0.4 is 0 Å². The predicted octanol–water partition coefficient (Wildman–Crippen LogP) is 3.99. The van der Waals surface area contributed by atoms with E-state index in [2.05, 4.69) is 0 Å². The van der Waals surface area contributed by atoms with E-state index in [4.69, 9.17) is 4.74 Å². The summed E-state index contributed by atoms with van der Waals surface area (Å²) in [5.74, 6) is -0.910. The van der Waals surface area contributed by atoms with Crippen molar-refractivity contribution in [3.8, 4) is 0 Å². The predicted molar refractivity (Wildman–Crippen MR) is 107 cm³/mol. The number of hydrogen-bond donors (Lipinski definition) is 0. The fraction of sp³-hybridized carbons (Fsp3) is 0.261. The molecule has 0 radical (unpaired) electrons. The summed E-state index contributed by atoms with van der Waals surface area (Å²) in [6, 6.07) is 12.7. The number of amides is 1. The van der Waals surface area contributed by atoms with Crippen LogP contribution in [0.25, 0.3) is 6.08 Å². The van der Waals surface area contributed by atoms with Gasteiger partial charge in [0.1, 0.15) is 0 Å². The second-order valence-corrected chi connectivity index (χ2v) is 6.99. The molecule has 0 saturated carbocycles. The Labute approximate surface area is 164 Å². The zero-order valence-electron chi connectivity index (χ0n) is 16.3. The van der Waals surface area contributed by atoms with E-state index >= 15 is 0 Å². The molecule has 1 aliphatic heterocycles. The number of rotatable bonds is 5. The Bertz CT molecular complexity index is 961. The van der Waals surface area contributed by atoms with Gasteiger partial charge >= 0.3 is 5.97 Å². The van der Waals surface area contributed by atoms with Crippen LogP contribution in [-0.4, -0.2) is 29.2 Å². The molecule has 0 aromatic heterocycles. The third kappa shape index (κ3) is 4.19. The zero-order chi connectivity index (χ0) is 20.3. The van der Waals surface area contributed by atoms with Crippen LogP contribution in [-0.2, 0) is 14.3 Å². The van der Waals surface area contributed by atoms with E-state index in [0.717, 1.165) is 22.3 Å². The smallest absolute Gasteiger partial charge is 0.308 e. The minimum absolute atomic E-state index is 0.0128. The largest absolute Gasteiger partial charge is 0.457 e. The lowest BCUT2D eigenvalue weighted by molar-refractivity contribution is -0.144. The summed E-state index contributed by atoms with van der Waals surface area (Å²) in [6.07, 6.45) is 3.52. The van der Waals surface area contributed by atoms with E-state index in [1.165, 1.54) is 11.8 Å². The number of aryl methyl sites for hydroxylation is 2. The number of fused-ring (bicyclic) bond motifs is 1. The first-order chi connectivity index (χ1) is 13.4. The molecule has 2 aromatic carbocycles. The Balaban J connectivity index is 1.68. The number of carbonyl (C=O) groups is 3. The molecule has 28 heavy (non-hydrogen) atoms. The third-order valence-corrected chi connectivity index (χ3v) is 4.88. The zero-order valence-corrected chi connectivity index (χ0v) is 16.3. The van der Waals surface area contributed by atoms with Crippen LogP contribution in [0.3, 0.4) is 0 Å². The number of nitrogens with zero attached hydrogens (tertiary/aromatic N) is 1. The molecule has 1 atom stereocenters. The second-order valence-electron chi connectivity index (χ2n) is 6.99. The first-order valence-electron chi connectivity index (χ1n) is 9.19. The number of ketones is 1. The molecule has 3 rings (SSSR count). The number of Topliss-reactive ketones (excluding diaryl/α,β-unsaturated/α-hetero) is 1. The van der Waals surface area contributed by atoms with E-state index < -0.39 is 12.0 Å². The molecule has 0 fully saturated rings. The minimum atomic E-state index is -0.514. The van der Waals surface area contributed by atoms with Crippen molar-refractivity contribution in [3.63, 3.8) is 0 Å². The molecule has 5 nitrogen and oxygen atoms in total. The van der Waals surface area contributed by atoms with Gasteiger partial charge in [-0.3, -0.25) is 14.4 Å². The van der Waals surface area contributed by atoms with Gasteiger partial charge in [0.2, 0.25) is 11.7 Å². The van der Waals surface area contributed by atoms with Gasteiger partial charge in [0.05, 0.1) is 12.5 Å². The summed E-state index contributed by atoms with van der Waals surface area (Å²) in [5.41, 5.74) is 4.33. The topological polar surface area (TPSA) is 63.7 Å². The van der Waals surface area contributed by atoms with Crippen molar-refractivity contribution in [2.75, 3.05) is 6.61 Å². The summed E-state index contributed by atoms with van der Waals surface area (Å²) < 4.78 is 5.24. The van der Waals surface area contributed by atoms with Gasteiger partial charge in [-0.15, -0.1) is 0 Å². The average Bonchev–Trinajstić information content (AvgIpc) is 2.66. The lowest BCUT2D eigenvalue weighted by Gasteiger charge is -2.32. The van der Waals surface area contributed by atoms with Crippen molar-refractivity contribution in [3.05, 3.63) is 76.5 Å². The van der Waals surface area contributed by atoms with Crippen molar-refractivity contribution in [2.24, 2.45) is 0 Å². The van der Waals surface area contributed by atoms with Crippen LogP contribution in [0.5, 0.6) is 0 Å². The average molecular weight is 377 g/mol. The van der Waals surface area contributed by atoms with Crippen LogP contribution in [0.4, 0.5) is 0 Å². The maximum absolute atomic E-state index is 12.4. The maximum atomic E-state index is 12.4. The molecule has 0 bridgehead atoms. The highest BCUT2D eigenvalue weighted by Gasteiger charge is 2.29. The van der Waals surface area contributed by atoms with Gasteiger partial charge in [0.15, 0.2) is 6.61 Å². The van der Waals surface area contributed by atoms with Crippen molar-refractivity contribution >= 4 is 23.7 Å². The van der Waals surface area contributed by atoms with Crippen LogP contribution in [0.2, 0.25) is 0 Å². The molecular weight excluding hydrogens is 354 g/mol. The van der Waals surface area contributed by atoms with E-state index in [1.807, 2.05) is 56.3 Å². The van der Waals surface area contributed by atoms with Crippen LogP contribution >= 0.6 is 0 Å². The molecule has 0 spiro atoms. The number of hydrogen-bond acceptors (Lipinski definition) is 4. The number of esters is 1. The van der Waals surface area contributed by atoms with Crippen LogP contribution in [0, 0.1) is 13.8 Å².